The minimum Gasteiger partial charge on any atom is -0.328 e. The number of carbonyl (C=O) groups excluding carboxylic acids is 1. The molecule has 0 aliphatic carbocycles. The third-order valence-electron chi connectivity index (χ3n) is 7.45. The summed E-state index contributed by atoms with van der Waals surface area (Å²) in [5.41, 5.74) is -1.56. The summed E-state index contributed by atoms with van der Waals surface area (Å²) >= 11 is 3.39. The van der Waals surface area contributed by atoms with Crippen LogP contribution in [0.15, 0.2) is 50.4 Å². The highest BCUT2D eigenvalue weighted by Gasteiger charge is 2.47. The number of aliphatic imine (C=N–C) groups is 1. The minimum absolute atomic E-state index is 0.112. The lowest BCUT2D eigenvalue weighted by Gasteiger charge is -2.47. The van der Waals surface area contributed by atoms with E-state index in [0.29, 0.717) is 14.1 Å². The predicted molar refractivity (Wildman–Crippen MR) is 155 cm³/mol. The number of hydrogen-bond donors (Lipinski definition) is 3. The normalized spacial score (nSPS) is 20.3. The van der Waals surface area contributed by atoms with Gasteiger partial charge in [-0.25, -0.2) is 18.7 Å². The van der Waals surface area contributed by atoms with Gasteiger partial charge in [-0.1, -0.05) is 57.1 Å². The van der Waals surface area contributed by atoms with Crippen LogP contribution >= 0.6 is 15.9 Å². The molecule has 1 amide bonds. The van der Waals surface area contributed by atoms with Gasteiger partial charge < -0.3 is 4.55 Å². The second-order valence-electron chi connectivity index (χ2n) is 9.75. The number of pyridine rings is 1. The molecule has 1 aliphatic heterocycles. The first-order valence-electron chi connectivity index (χ1n) is 12.6. The van der Waals surface area contributed by atoms with Gasteiger partial charge in [-0.05, 0) is 56.5 Å². The van der Waals surface area contributed by atoms with Crippen molar-refractivity contribution < 1.29 is 26.9 Å². The van der Waals surface area contributed by atoms with Gasteiger partial charge in [0.2, 0.25) is 5.96 Å². The molecule has 0 bridgehead atoms. The van der Waals surface area contributed by atoms with Crippen LogP contribution in [0, 0.1) is 5.82 Å². The number of hydrogen-bond acceptors (Lipinski definition) is 4. The molecular weight excluding hydrogens is 618 g/mol. The van der Waals surface area contributed by atoms with Crippen molar-refractivity contribution >= 4 is 51.3 Å². The van der Waals surface area contributed by atoms with Crippen LogP contribution in [-0.4, -0.2) is 59.3 Å². The Morgan fingerprint density at radius 3 is 2.33 bits per heavy atom. The zero-order valence-electron chi connectivity index (χ0n) is 22.5. The molecule has 2 aromatic rings. The van der Waals surface area contributed by atoms with Crippen molar-refractivity contribution in [2.75, 3.05) is 19.3 Å². The first kappa shape index (κ1) is 31.4. The van der Waals surface area contributed by atoms with E-state index in [0.717, 1.165) is 18.1 Å². The lowest BCUT2D eigenvalue weighted by atomic mass is 10.00. The van der Waals surface area contributed by atoms with E-state index in [2.05, 4.69) is 35.6 Å². The smallest absolute Gasteiger partial charge is 0.328 e. The van der Waals surface area contributed by atoms with E-state index in [1.165, 1.54) is 26.1 Å². The molecule has 0 radical (unpaired) electrons. The van der Waals surface area contributed by atoms with Crippen LogP contribution in [0.1, 0.15) is 43.7 Å². The Bertz CT molecular complexity index is 1300. The molecule has 7 nitrogen and oxygen atoms in total. The highest BCUT2D eigenvalue weighted by molar-refractivity contribution is 9.10. The molecule has 2 N–H and O–H groups in total. The van der Waals surface area contributed by atoms with E-state index in [1.54, 1.807) is 24.3 Å². The Hall–Kier alpha value is -2.16. The molecule has 0 spiro atoms. The van der Waals surface area contributed by atoms with Gasteiger partial charge in [-0.3, -0.25) is 14.4 Å². The van der Waals surface area contributed by atoms with Crippen molar-refractivity contribution in [3.63, 3.8) is 0 Å². The number of thiol groups is 1. The van der Waals surface area contributed by atoms with Gasteiger partial charge in [-0.15, -0.1) is 0 Å². The summed E-state index contributed by atoms with van der Waals surface area (Å²) in [5, 5.41) is 2.97. The summed E-state index contributed by atoms with van der Waals surface area (Å²) in [7, 11) is -5.04. The Kier molecular flexibility index (Phi) is 9.45. The molecule has 0 saturated carbocycles. The Balaban J connectivity index is 2.28. The van der Waals surface area contributed by atoms with Gasteiger partial charge in [0.25, 0.3) is 5.91 Å². The fourth-order valence-electron chi connectivity index (χ4n) is 5.06. The Labute approximate surface area is 236 Å². The van der Waals surface area contributed by atoms with Crippen LogP contribution in [0.4, 0.5) is 17.6 Å². The minimum atomic E-state index is -4.74. The van der Waals surface area contributed by atoms with Crippen molar-refractivity contribution in [3.05, 3.63) is 58.1 Å². The number of aromatic nitrogens is 1. The van der Waals surface area contributed by atoms with Gasteiger partial charge in [0.15, 0.2) is 0 Å². The maximum atomic E-state index is 16.4. The summed E-state index contributed by atoms with van der Waals surface area (Å²) < 4.78 is 73.9. The molecule has 1 aliphatic rings. The van der Waals surface area contributed by atoms with Crippen molar-refractivity contribution in [3.8, 4) is 0 Å². The van der Waals surface area contributed by atoms with Gasteiger partial charge in [0.05, 0.1) is 13.8 Å². The average Bonchev–Trinajstić information content (AvgIpc) is 2.89. The lowest BCUT2D eigenvalue weighted by Crippen LogP contribution is -2.60. The van der Waals surface area contributed by atoms with Crippen molar-refractivity contribution in [2.45, 2.75) is 57.5 Å². The average molecular weight is 653 g/mol. The van der Waals surface area contributed by atoms with Crippen LogP contribution in [0.2, 0.25) is 18.1 Å². The van der Waals surface area contributed by atoms with E-state index in [-0.39, 0.29) is 11.3 Å². The first-order chi connectivity index (χ1) is 18.2. The largest absolute Gasteiger partial charge is 0.407 e. The molecule has 1 atom stereocenters. The fourth-order valence-corrected chi connectivity index (χ4v) is 11.7. The number of carbonyl (C=O) groups is 1. The second kappa shape index (κ2) is 11.8. The molecule has 1 aromatic carbocycles. The summed E-state index contributed by atoms with van der Waals surface area (Å²) in [5.74, 6) is -2.27. The molecule has 14 heteroatoms. The van der Waals surface area contributed by atoms with Crippen LogP contribution in [0.25, 0.3) is 0 Å². The van der Waals surface area contributed by atoms with E-state index in [1.807, 2.05) is 20.8 Å². The zero-order valence-corrected chi connectivity index (χ0v) is 26.0. The topological polar surface area (TPSA) is 90.2 Å². The lowest BCUT2D eigenvalue weighted by molar-refractivity contribution is -0.131. The predicted octanol–water partition coefficient (Wildman–Crippen LogP) is 5.67. The number of guanidine groups is 1. The number of alkyl halides is 3. The highest BCUT2D eigenvalue weighted by atomic mass is 79.9. The Morgan fingerprint density at radius 2 is 1.82 bits per heavy atom. The molecule has 0 fully saturated rings. The van der Waals surface area contributed by atoms with Gasteiger partial charge >= 0.3 is 6.18 Å². The van der Waals surface area contributed by atoms with Crippen LogP contribution in [-0.2, 0) is 15.8 Å². The summed E-state index contributed by atoms with van der Waals surface area (Å²) in [6, 6.07) is 11.9. The molecule has 39 heavy (non-hydrogen) atoms. The van der Waals surface area contributed by atoms with Gasteiger partial charge in [0.1, 0.15) is 28.2 Å². The zero-order chi connectivity index (χ0) is 29.2. The molecule has 2 heterocycles. The molecule has 3 rings (SSSR count). The van der Waals surface area contributed by atoms with Crippen molar-refractivity contribution in [1.29, 1.82) is 0 Å². The van der Waals surface area contributed by atoms with Crippen LogP contribution in [0.5, 0.6) is 0 Å². The Morgan fingerprint density at radius 1 is 1.23 bits per heavy atom. The molecule has 1 aromatic heterocycles. The number of nitrogens with one attached hydrogen (secondary N) is 1. The number of benzene rings is 1. The van der Waals surface area contributed by atoms with Crippen LogP contribution < -0.4 is 10.5 Å². The van der Waals surface area contributed by atoms with E-state index < -0.39 is 60.1 Å². The molecule has 0 saturated heterocycles. The number of amides is 1. The van der Waals surface area contributed by atoms with E-state index >= 15 is 4.39 Å². The van der Waals surface area contributed by atoms with Gasteiger partial charge in [-0.2, -0.15) is 13.2 Å². The molecular formula is C25H34BrF4N5O2SSi. The molecule has 1 unspecified atom stereocenters. The fraction of sp³-hybridized carbons (Fsp3) is 0.480. The summed E-state index contributed by atoms with van der Waals surface area (Å²) in [4.78, 5) is 21.9. The third kappa shape index (κ3) is 6.44. The van der Waals surface area contributed by atoms with Gasteiger partial charge in [0, 0.05) is 12.6 Å². The monoisotopic (exact) mass is 651 g/mol. The quantitative estimate of drug-likeness (QED) is 0.156. The first-order valence-corrected chi connectivity index (χ1v) is 17.8. The van der Waals surface area contributed by atoms with E-state index in [9.17, 15) is 22.5 Å². The number of rotatable bonds is 7. The third-order valence-corrected chi connectivity index (χ3v) is 16.2. The van der Waals surface area contributed by atoms with Crippen LogP contribution in [0.3, 0.4) is 0 Å². The highest BCUT2D eigenvalue weighted by Crippen LogP contribution is 2.38. The number of nitrogens with zero attached hydrogens (tertiary/aromatic N) is 4. The molecule has 216 valence electrons. The van der Waals surface area contributed by atoms with E-state index in [4.69, 9.17) is 0 Å². The van der Waals surface area contributed by atoms with Crippen molar-refractivity contribution in [2.24, 2.45) is 9.36 Å². The standard InChI is InChI=1S/C25H34BrF4N5O2SSi/c1-6-39(7-2,8-3)18-14-19(26)32-21(20(18)27)24(4)16-38(37,31-5)35(15-25(28,29)30)23(34-24)33-22(36)17-12-10-9-11-13-17/h9-14,38H,6-8,15-16H2,1-5H3,(H,31,37)(H,33,34,36). The maximum absolute atomic E-state index is 16.4. The second-order valence-corrected chi connectivity index (χ2v) is 18.4. The van der Waals surface area contributed by atoms with Crippen molar-refractivity contribution in [1.82, 2.24) is 14.6 Å². The SMILES string of the molecule is CC[Si](CC)(CC)c1cc(Br)nc(C2(C)C[SH](O)(=NC)N(CC(F)(F)F)C(NC(=O)c3ccccc3)=N2)c1F. The summed E-state index contributed by atoms with van der Waals surface area (Å²) in [6.07, 6.45) is -4.74. The summed E-state index contributed by atoms with van der Waals surface area (Å²) in [6.45, 7) is 5.98. The maximum Gasteiger partial charge on any atom is 0.407 e. The number of halogens is 5.